The van der Waals surface area contributed by atoms with Gasteiger partial charge in [0, 0.05) is 19.0 Å². The van der Waals surface area contributed by atoms with Gasteiger partial charge in [-0.2, -0.15) is 5.26 Å². The molecule has 0 amide bonds. The molecule has 13 heavy (non-hydrogen) atoms. The predicted octanol–water partition coefficient (Wildman–Crippen LogP) is 0.830. The van der Waals surface area contributed by atoms with Gasteiger partial charge in [-0.05, 0) is 20.0 Å². The van der Waals surface area contributed by atoms with Crippen molar-refractivity contribution in [2.24, 2.45) is 5.92 Å². The van der Waals surface area contributed by atoms with Gasteiger partial charge in [0.25, 0.3) is 0 Å². The van der Waals surface area contributed by atoms with Crippen LogP contribution in [-0.2, 0) is 0 Å². The largest absolute Gasteiger partial charge is 0.306 e. The van der Waals surface area contributed by atoms with Crippen LogP contribution in [0.1, 0.15) is 20.3 Å². The summed E-state index contributed by atoms with van der Waals surface area (Å²) in [5, 5.41) is 12.5. The van der Waals surface area contributed by atoms with E-state index in [4.69, 9.17) is 0 Å². The molecule has 1 rings (SSSR count). The second kappa shape index (κ2) is 4.08. The molecule has 1 aliphatic rings. The van der Waals surface area contributed by atoms with Crippen molar-refractivity contribution in [3.05, 3.63) is 0 Å². The standard InChI is InChI=1S/C10H19N3/c1-4-12-10(8-11)5-6-13(3)7-9(10)2/h9,12H,4-7H2,1-3H3. The highest BCUT2D eigenvalue weighted by Gasteiger charge is 2.39. The molecule has 0 aromatic heterocycles. The predicted molar refractivity (Wildman–Crippen MR) is 53.3 cm³/mol. The summed E-state index contributed by atoms with van der Waals surface area (Å²) < 4.78 is 0. The number of piperidine rings is 1. The lowest BCUT2D eigenvalue weighted by atomic mass is 9.80. The Morgan fingerprint density at radius 2 is 2.38 bits per heavy atom. The Balaban J connectivity index is 2.70. The lowest BCUT2D eigenvalue weighted by Gasteiger charge is -2.41. The second-order valence-electron chi connectivity index (χ2n) is 4.03. The average molecular weight is 181 g/mol. The molecule has 3 nitrogen and oxygen atoms in total. The van der Waals surface area contributed by atoms with Gasteiger partial charge >= 0.3 is 0 Å². The van der Waals surface area contributed by atoms with Gasteiger partial charge in [-0.15, -0.1) is 0 Å². The van der Waals surface area contributed by atoms with Crippen LogP contribution in [0.25, 0.3) is 0 Å². The molecule has 1 heterocycles. The first-order valence-electron chi connectivity index (χ1n) is 4.99. The summed E-state index contributed by atoms with van der Waals surface area (Å²) in [7, 11) is 2.11. The van der Waals surface area contributed by atoms with Gasteiger partial charge in [-0.3, -0.25) is 5.32 Å². The Hall–Kier alpha value is -0.590. The Morgan fingerprint density at radius 3 is 2.85 bits per heavy atom. The van der Waals surface area contributed by atoms with E-state index in [9.17, 15) is 5.26 Å². The number of nitriles is 1. The summed E-state index contributed by atoms with van der Waals surface area (Å²) in [4.78, 5) is 2.29. The quantitative estimate of drug-likeness (QED) is 0.686. The highest BCUT2D eigenvalue weighted by atomic mass is 15.1. The Morgan fingerprint density at radius 1 is 1.69 bits per heavy atom. The summed E-state index contributed by atoms with van der Waals surface area (Å²) in [6.45, 7) is 7.12. The molecule has 2 atom stereocenters. The molecule has 0 bridgehead atoms. The van der Waals surface area contributed by atoms with E-state index < -0.39 is 0 Å². The lowest BCUT2D eigenvalue weighted by Crippen LogP contribution is -2.57. The fourth-order valence-electron chi connectivity index (χ4n) is 2.11. The van der Waals surface area contributed by atoms with Crippen molar-refractivity contribution in [2.75, 3.05) is 26.7 Å². The lowest BCUT2D eigenvalue weighted by molar-refractivity contribution is 0.135. The zero-order valence-corrected chi connectivity index (χ0v) is 8.80. The Labute approximate surface area is 80.7 Å². The van der Waals surface area contributed by atoms with Crippen LogP contribution in [0, 0.1) is 17.2 Å². The molecule has 1 aliphatic heterocycles. The summed E-state index contributed by atoms with van der Waals surface area (Å²) >= 11 is 0. The van der Waals surface area contributed by atoms with E-state index in [2.05, 4.69) is 37.2 Å². The summed E-state index contributed by atoms with van der Waals surface area (Å²) in [5.41, 5.74) is -0.277. The van der Waals surface area contributed by atoms with Crippen LogP contribution in [-0.4, -0.2) is 37.1 Å². The number of hydrogen-bond donors (Lipinski definition) is 1. The maximum Gasteiger partial charge on any atom is 0.111 e. The minimum atomic E-state index is -0.277. The molecule has 2 unspecified atom stereocenters. The van der Waals surface area contributed by atoms with Crippen molar-refractivity contribution in [2.45, 2.75) is 25.8 Å². The third kappa shape index (κ3) is 2.01. The molecular weight excluding hydrogens is 162 g/mol. The van der Waals surface area contributed by atoms with E-state index in [1.165, 1.54) is 0 Å². The first kappa shape index (κ1) is 10.5. The van der Waals surface area contributed by atoms with E-state index in [1.54, 1.807) is 0 Å². The number of nitrogens with zero attached hydrogens (tertiary/aromatic N) is 2. The van der Waals surface area contributed by atoms with E-state index in [0.717, 1.165) is 26.1 Å². The Kier molecular flexibility index (Phi) is 3.29. The van der Waals surface area contributed by atoms with Gasteiger partial charge in [0.2, 0.25) is 0 Å². The minimum Gasteiger partial charge on any atom is -0.306 e. The van der Waals surface area contributed by atoms with Gasteiger partial charge in [0.05, 0.1) is 6.07 Å². The van der Waals surface area contributed by atoms with Gasteiger partial charge in [0.15, 0.2) is 0 Å². The van der Waals surface area contributed by atoms with Gasteiger partial charge in [-0.25, -0.2) is 0 Å². The number of likely N-dealkylation sites (tertiary alicyclic amines) is 1. The summed E-state index contributed by atoms with van der Waals surface area (Å²) in [6, 6.07) is 2.45. The van der Waals surface area contributed by atoms with E-state index in [-0.39, 0.29) is 5.54 Å². The van der Waals surface area contributed by atoms with Crippen molar-refractivity contribution >= 4 is 0 Å². The van der Waals surface area contributed by atoms with Crippen LogP contribution in [0.3, 0.4) is 0 Å². The fourth-order valence-corrected chi connectivity index (χ4v) is 2.11. The molecule has 1 fully saturated rings. The third-order valence-corrected chi connectivity index (χ3v) is 3.01. The molecule has 0 aliphatic carbocycles. The van der Waals surface area contributed by atoms with Crippen LogP contribution < -0.4 is 5.32 Å². The van der Waals surface area contributed by atoms with Gasteiger partial charge < -0.3 is 4.90 Å². The zero-order valence-electron chi connectivity index (χ0n) is 8.80. The smallest absolute Gasteiger partial charge is 0.111 e. The van der Waals surface area contributed by atoms with E-state index in [1.807, 2.05) is 0 Å². The maximum atomic E-state index is 9.20. The second-order valence-corrected chi connectivity index (χ2v) is 4.03. The maximum absolute atomic E-state index is 9.20. The highest BCUT2D eigenvalue weighted by Crippen LogP contribution is 2.26. The van der Waals surface area contributed by atoms with Gasteiger partial charge in [-0.1, -0.05) is 13.8 Å². The SMILES string of the molecule is CCNC1(C#N)CCN(C)CC1C. The highest BCUT2D eigenvalue weighted by molar-refractivity contribution is 5.12. The van der Waals surface area contributed by atoms with E-state index >= 15 is 0 Å². The first-order valence-corrected chi connectivity index (χ1v) is 4.99. The molecule has 74 valence electrons. The molecule has 0 spiro atoms. The normalized spacial score (nSPS) is 35.7. The van der Waals surface area contributed by atoms with Crippen LogP contribution >= 0.6 is 0 Å². The van der Waals surface area contributed by atoms with Crippen molar-refractivity contribution in [3.63, 3.8) is 0 Å². The van der Waals surface area contributed by atoms with Crippen LogP contribution in [0.4, 0.5) is 0 Å². The molecule has 0 saturated carbocycles. The Bertz CT molecular complexity index is 209. The molecule has 1 N–H and O–H groups in total. The molecule has 0 aromatic carbocycles. The average Bonchev–Trinajstić information content (AvgIpc) is 2.11. The third-order valence-electron chi connectivity index (χ3n) is 3.01. The topological polar surface area (TPSA) is 39.1 Å². The number of nitrogens with one attached hydrogen (secondary N) is 1. The summed E-state index contributed by atoms with van der Waals surface area (Å²) in [6.07, 6.45) is 0.939. The van der Waals surface area contributed by atoms with Crippen molar-refractivity contribution in [3.8, 4) is 6.07 Å². The molecule has 0 radical (unpaired) electrons. The fraction of sp³-hybridized carbons (Fsp3) is 0.900. The molecule has 0 aromatic rings. The van der Waals surface area contributed by atoms with Crippen molar-refractivity contribution < 1.29 is 0 Å². The van der Waals surface area contributed by atoms with Crippen LogP contribution in [0.5, 0.6) is 0 Å². The zero-order chi connectivity index (χ0) is 9.90. The number of rotatable bonds is 2. The summed E-state index contributed by atoms with van der Waals surface area (Å²) in [5.74, 6) is 0.413. The molecule has 1 saturated heterocycles. The monoisotopic (exact) mass is 181 g/mol. The van der Waals surface area contributed by atoms with Crippen LogP contribution in [0.15, 0.2) is 0 Å². The van der Waals surface area contributed by atoms with Crippen LogP contribution in [0.2, 0.25) is 0 Å². The first-order chi connectivity index (χ1) is 6.14. The van der Waals surface area contributed by atoms with Crippen molar-refractivity contribution in [1.82, 2.24) is 10.2 Å². The van der Waals surface area contributed by atoms with E-state index in [0.29, 0.717) is 5.92 Å². The van der Waals surface area contributed by atoms with Gasteiger partial charge in [0.1, 0.15) is 5.54 Å². The molecular formula is C10H19N3. The number of hydrogen-bond acceptors (Lipinski definition) is 3. The molecule has 3 heteroatoms. The van der Waals surface area contributed by atoms with Crippen molar-refractivity contribution in [1.29, 1.82) is 5.26 Å². The minimum absolute atomic E-state index is 0.277.